The summed E-state index contributed by atoms with van der Waals surface area (Å²) in [4.78, 5) is 2.65. The second-order valence-electron chi connectivity index (χ2n) is 5.83. The predicted molar refractivity (Wildman–Crippen MR) is 82.5 cm³/mol. The maximum Gasteiger partial charge on any atom is 0.123 e. The van der Waals surface area contributed by atoms with Gasteiger partial charge in [-0.15, -0.1) is 0 Å². The number of fused-ring (bicyclic) bond motifs is 1. The van der Waals surface area contributed by atoms with Crippen LogP contribution in [0.15, 0.2) is 18.2 Å². The molecule has 0 radical (unpaired) electrons. The monoisotopic (exact) mass is 294 g/mol. The molecular formula is C16H23ClN2O. The van der Waals surface area contributed by atoms with Gasteiger partial charge in [-0.3, -0.25) is 4.90 Å². The Morgan fingerprint density at radius 3 is 3.05 bits per heavy atom. The fourth-order valence-electron chi connectivity index (χ4n) is 3.61. The lowest BCUT2D eigenvalue weighted by molar-refractivity contribution is 0.180. The molecular weight excluding hydrogens is 272 g/mol. The van der Waals surface area contributed by atoms with Gasteiger partial charge in [-0.1, -0.05) is 18.0 Å². The third-order valence-corrected chi connectivity index (χ3v) is 4.89. The van der Waals surface area contributed by atoms with Crippen LogP contribution in [0.5, 0.6) is 5.75 Å². The van der Waals surface area contributed by atoms with Crippen LogP contribution in [0.4, 0.5) is 0 Å². The maximum absolute atomic E-state index is 6.09. The molecule has 2 fully saturated rings. The van der Waals surface area contributed by atoms with E-state index in [4.69, 9.17) is 16.3 Å². The summed E-state index contributed by atoms with van der Waals surface area (Å²) in [5, 5.41) is 4.49. The Kier molecular flexibility index (Phi) is 4.49. The molecule has 20 heavy (non-hydrogen) atoms. The second kappa shape index (κ2) is 6.33. The van der Waals surface area contributed by atoms with Crippen molar-refractivity contribution in [3.63, 3.8) is 0 Å². The fourth-order valence-corrected chi connectivity index (χ4v) is 3.81. The van der Waals surface area contributed by atoms with Gasteiger partial charge in [0.15, 0.2) is 0 Å². The number of benzene rings is 1. The normalized spacial score (nSPS) is 26.5. The molecule has 110 valence electrons. The van der Waals surface area contributed by atoms with Gasteiger partial charge >= 0.3 is 0 Å². The van der Waals surface area contributed by atoms with E-state index in [2.05, 4.69) is 10.2 Å². The zero-order valence-electron chi connectivity index (χ0n) is 12.1. The molecule has 0 spiro atoms. The SMILES string of the molecule is COc1ccc(Cl)cc1CNC1CCN2CCCCC12. The first kappa shape index (κ1) is 14.2. The summed E-state index contributed by atoms with van der Waals surface area (Å²) < 4.78 is 5.41. The van der Waals surface area contributed by atoms with E-state index in [1.165, 1.54) is 38.8 Å². The Morgan fingerprint density at radius 2 is 2.20 bits per heavy atom. The number of ether oxygens (including phenoxy) is 1. The van der Waals surface area contributed by atoms with E-state index >= 15 is 0 Å². The van der Waals surface area contributed by atoms with Gasteiger partial charge in [-0.2, -0.15) is 0 Å². The highest BCUT2D eigenvalue weighted by Crippen LogP contribution is 2.28. The summed E-state index contributed by atoms with van der Waals surface area (Å²) in [6.07, 6.45) is 5.34. The number of nitrogens with one attached hydrogen (secondary N) is 1. The zero-order valence-corrected chi connectivity index (χ0v) is 12.8. The fraction of sp³-hybridized carbons (Fsp3) is 0.625. The first-order chi connectivity index (χ1) is 9.78. The van der Waals surface area contributed by atoms with E-state index in [1.807, 2.05) is 18.2 Å². The summed E-state index contributed by atoms with van der Waals surface area (Å²) >= 11 is 6.09. The maximum atomic E-state index is 6.09. The number of methoxy groups -OCH3 is 1. The van der Waals surface area contributed by atoms with Crippen molar-refractivity contribution in [2.24, 2.45) is 0 Å². The van der Waals surface area contributed by atoms with Gasteiger partial charge in [0, 0.05) is 35.8 Å². The van der Waals surface area contributed by atoms with Crippen LogP contribution < -0.4 is 10.1 Å². The van der Waals surface area contributed by atoms with Crippen LogP contribution in [0.2, 0.25) is 5.02 Å². The number of piperidine rings is 1. The molecule has 1 aromatic rings. The molecule has 2 heterocycles. The summed E-state index contributed by atoms with van der Waals surface area (Å²) in [5.41, 5.74) is 1.15. The van der Waals surface area contributed by atoms with Crippen LogP contribution in [-0.4, -0.2) is 37.2 Å². The third-order valence-electron chi connectivity index (χ3n) is 4.65. The van der Waals surface area contributed by atoms with Crippen LogP contribution in [0.3, 0.4) is 0 Å². The molecule has 3 nitrogen and oxygen atoms in total. The number of hydrogen-bond acceptors (Lipinski definition) is 3. The van der Waals surface area contributed by atoms with Crippen molar-refractivity contribution in [2.75, 3.05) is 20.2 Å². The molecule has 1 N–H and O–H groups in total. The molecule has 0 aliphatic carbocycles. The van der Waals surface area contributed by atoms with E-state index in [0.717, 1.165) is 28.9 Å². The molecule has 2 saturated heterocycles. The van der Waals surface area contributed by atoms with Gasteiger partial charge in [-0.05, 0) is 44.0 Å². The number of nitrogens with zero attached hydrogens (tertiary/aromatic N) is 1. The average Bonchev–Trinajstić information content (AvgIpc) is 2.88. The van der Waals surface area contributed by atoms with Gasteiger partial charge in [0.1, 0.15) is 5.75 Å². The standard InChI is InChI=1S/C16H23ClN2O/c1-20-16-6-5-13(17)10-12(16)11-18-14-7-9-19-8-3-2-4-15(14)19/h5-6,10,14-15,18H,2-4,7-9,11H2,1H3. The molecule has 2 atom stereocenters. The van der Waals surface area contributed by atoms with Crippen molar-refractivity contribution in [3.05, 3.63) is 28.8 Å². The Balaban J connectivity index is 1.63. The van der Waals surface area contributed by atoms with E-state index in [1.54, 1.807) is 7.11 Å². The first-order valence-corrected chi connectivity index (χ1v) is 7.95. The van der Waals surface area contributed by atoms with Crippen molar-refractivity contribution in [3.8, 4) is 5.75 Å². The smallest absolute Gasteiger partial charge is 0.123 e. The van der Waals surface area contributed by atoms with Crippen LogP contribution in [0, 0.1) is 0 Å². The van der Waals surface area contributed by atoms with Crippen molar-refractivity contribution in [1.29, 1.82) is 0 Å². The lowest BCUT2D eigenvalue weighted by Crippen LogP contribution is -2.44. The summed E-state index contributed by atoms with van der Waals surface area (Å²) in [5.74, 6) is 0.917. The van der Waals surface area contributed by atoms with Crippen molar-refractivity contribution in [1.82, 2.24) is 10.2 Å². The molecule has 4 heteroatoms. The van der Waals surface area contributed by atoms with Crippen LogP contribution in [0.25, 0.3) is 0 Å². The lowest BCUT2D eigenvalue weighted by Gasteiger charge is -2.32. The van der Waals surface area contributed by atoms with E-state index in [9.17, 15) is 0 Å². The Bertz CT molecular complexity index is 466. The molecule has 0 amide bonds. The summed E-state index contributed by atoms with van der Waals surface area (Å²) in [6.45, 7) is 3.36. The van der Waals surface area contributed by atoms with Crippen LogP contribution >= 0.6 is 11.6 Å². The summed E-state index contributed by atoms with van der Waals surface area (Å²) in [7, 11) is 1.71. The Labute approximate surface area is 126 Å². The minimum absolute atomic E-state index is 0.610. The minimum Gasteiger partial charge on any atom is -0.496 e. The summed E-state index contributed by atoms with van der Waals surface area (Å²) in [6, 6.07) is 7.16. The van der Waals surface area contributed by atoms with Crippen molar-refractivity contribution < 1.29 is 4.74 Å². The molecule has 2 aliphatic heterocycles. The highest BCUT2D eigenvalue weighted by atomic mass is 35.5. The van der Waals surface area contributed by atoms with Gasteiger partial charge in [0.25, 0.3) is 0 Å². The van der Waals surface area contributed by atoms with Crippen LogP contribution in [0.1, 0.15) is 31.2 Å². The van der Waals surface area contributed by atoms with E-state index < -0.39 is 0 Å². The van der Waals surface area contributed by atoms with Gasteiger partial charge in [0.2, 0.25) is 0 Å². The van der Waals surface area contributed by atoms with Gasteiger partial charge in [0.05, 0.1) is 7.11 Å². The Hall–Kier alpha value is -0.770. The number of halogens is 1. The number of rotatable bonds is 4. The molecule has 0 aromatic heterocycles. The Morgan fingerprint density at radius 1 is 1.30 bits per heavy atom. The van der Waals surface area contributed by atoms with Crippen molar-refractivity contribution in [2.45, 2.75) is 44.3 Å². The second-order valence-corrected chi connectivity index (χ2v) is 6.27. The average molecular weight is 295 g/mol. The highest BCUT2D eigenvalue weighted by Gasteiger charge is 2.34. The van der Waals surface area contributed by atoms with E-state index in [0.29, 0.717) is 6.04 Å². The lowest BCUT2D eigenvalue weighted by atomic mass is 9.99. The molecule has 0 saturated carbocycles. The number of hydrogen-bond donors (Lipinski definition) is 1. The molecule has 1 aromatic carbocycles. The zero-order chi connectivity index (χ0) is 13.9. The van der Waals surface area contributed by atoms with Gasteiger partial charge in [-0.25, -0.2) is 0 Å². The molecule has 2 aliphatic rings. The van der Waals surface area contributed by atoms with E-state index in [-0.39, 0.29) is 0 Å². The molecule has 2 unspecified atom stereocenters. The molecule has 3 rings (SSSR count). The minimum atomic E-state index is 0.610. The van der Waals surface area contributed by atoms with Crippen LogP contribution in [-0.2, 0) is 6.54 Å². The third kappa shape index (κ3) is 2.95. The first-order valence-electron chi connectivity index (χ1n) is 7.58. The quantitative estimate of drug-likeness (QED) is 0.924. The largest absolute Gasteiger partial charge is 0.496 e. The topological polar surface area (TPSA) is 24.5 Å². The molecule has 0 bridgehead atoms. The van der Waals surface area contributed by atoms with Gasteiger partial charge < -0.3 is 10.1 Å². The highest BCUT2D eigenvalue weighted by molar-refractivity contribution is 6.30. The predicted octanol–water partition coefficient (Wildman–Crippen LogP) is 3.07. The van der Waals surface area contributed by atoms with Crippen molar-refractivity contribution >= 4 is 11.6 Å².